The molecule has 0 amide bonds. The zero-order valence-corrected chi connectivity index (χ0v) is 13.9. The van der Waals surface area contributed by atoms with Crippen LogP contribution in [0.1, 0.15) is 24.4 Å². The molecule has 1 aromatic carbocycles. The molecule has 2 aromatic rings. The SMILES string of the molecule is Cc1sc(-c2ccc(Cl)cc2)nc1C1=C(O)C(C)(C)OC1=O. The molecule has 0 bridgehead atoms. The predicted molar refractivity (Wildman–Crippen MR) is 87.0 cm³/mol. The van der Waals surface area contributed by atoms with Crippen molar-refractivity contribution < 1.29 is 14.6 Å². The molecule has 2 heterocycles. The van der Waals surface area contributed by atoms with Crippen LogP contribution in [0.2, 0.25) is 5.02 Å². The van der Waals surface area contributed by atoms with Crippen LogP contribution >= 0.6 is 22.9 Å². The van der Waals surface area contributed by atoms with E-state index in [1.54, 1.807) is 26.0 Å². The molecule has 0 atom stereocenters. The van der Waals surface area contributed by atoms with Crippen molar-refractivity contribution in [2.24, 2.45) is 0 Å². The Hall–Kier alpha value is -1.85. The van der Waals surface area contributed by atoms with Gasteiger partial charge < -0.3 is 9.84 Å². The first-order valence-corrected chi connectivity index (χ1v) is 7.90. The van der Waals surface area contributed by atoms with Gasteiger partial charge in [-0.05, 0) is 32.9 Å². The first-order chi connectivity index (χ1) is 10.3. The molecule has 0 saturated heterocycles. The van der Waals surface area contributed by atoms with Crippen LogP contribution in [0.5, 0.6) is 0 Å². The lowest BCUT2D eigenvalue weighted by Crippen LogP contribution is -2.22. The quantitative estimate of drug-likeness (QED) is 0.827. The van der Waals surface area contributed by atoms with Gasteiger partial charge in [0.2, 0.25) is 0 Å². The highest BCUT2D eigenvalue weighted by atomic mass is 35.5. The third kappa shape index (κ3) is 2.40. The number of nitrogens with zero attached hydrogens (tertiary/aromatic N) is 1. The van der Waals surface area contributed by atoms with Gasteiger partial charge in [0.1, 0.15) is 10.6 Å². The van der Waals surface area contributed by atoms with Gasteiger partial charge in [-0.3, -0.25) is 0 Å². The Kier molecular flexibility index (Phi) is 3.50. The van der Waals surface area contributed by atoms with E-state index in [2.05, 4.69) is 4.98 Å². The van der Waals surface area contributed by atoms with Gasteiger partial charge in [-0.2, -0.15) is 0 Å². The molecule has 22 heavy (non-hydrogen) atoms. The average molecular weight is 336 g/mol. The lowest BCUT2D eigenvalue weighted by atomic mass is 10.0. The van der Waals surface area contributed by atoms with Crippen molar-refractivity contribution in [1.82, 2.24) is 4.98 Å². The highest BCUT2D eigenvalue weighted by molar-refractivity contribution is 7.15. The Balaban J connectivity index is 2.09. The van der Waals surface area contributed by atoms with Crippen molar-refractivity contribution in [3.8, 4) is 10.6 Å². The Labute approximate surface area is 137 Å². The van der Waals surface area contributed by atoms with Crippen LogP contribution in [0.25, 0.3) is 16.1 Å². The van der Waals surface area contributed by atoms with E-state index in [0.717, 1.165) is 15.4 Å². The minimum Gasteiger partial charge on any atom is -0.507 e. The third-order valence-corrected chi connectivity index (χ3v) is 4.76. The normalized spacial score (nSPS) is 17.0. The maximum Gasteiger partial charge on any atom is 0.344 e. The largest absolute Gasteiger partial charge is 0.507 e. The number of ether oxygens (including phenoxy) is 1. The molecule has 1 aliphatic heterocycles. The molecular formula is C16H14ClNO3S. The summed E-state index contributed by atoms with van der Waals surface area (Å²) < 4.78 is 5.20. The maximum atomic E-state index is 12.1. The first kappa shape index (κ1) is 15.1. The number of carbonyl (C=O) groups excluding carboxylic acids is 1. The van der Waals surface area contributed by atoms with Crippen LogP contribution in [-0.2, 0) is 9.53 Å². The number of cyclic esters (lactones) is 1. The number of carbonyl (C=O) groups is 1. The number of aliphatic hydroxyl groups excluding tert-OH is 1. The molecule has 0 unspecified atom stereocenters. The predicted octanol–water partition coefficient (Wildman–Crippen LogP) is 4.38. The number of thiazole rings is 1. The molecule has 1 N–H and O–H groups in total. The number of hydrogen-bond acceptors (Lipinski definition) is 5. The van der Waals surface area contributed by atoms with Crippen molar-refractivity contribution in [2.75, 3.05) is 0 Å². The van der Waals surface area contributed by atoms with Crippen molar-refractivity contribution in [3.05, 3.63) is 45.6 Å². The van der Waals surface area contributed by atoms with Crippen LogP contribution in [0.4, 0.5) is 0 Å². The molecule has 0 spiro atoms. The van der Waals surface area contributed by atoms with Gasteiger partial charge in [-0.15, -0.1) is 11.3 Å². The summed E-state index contributed by atoms with van der Waals surface area (Å²) >= 11 is 7.35. The summed E-state index contributed by atoms with van der Waals surface area (Å²) in [6.07, 6.45) is 0. The molecule has 0 saturated carbocycles. The lowest BCUT2D eigenvalue weighted by molar-refractivity contribution is -0.143. The standard InChI is InChI=1S/C16H14ClNO3S/c1-8-12(11-13(19)16(2,3)21-15(11)20)18-14(22-8)9-4-6-10(17)7-5-9/h4-7,19H,1-3H3. The van der Waals surface area contributed by atoms with Gasteiger partial charge in [-0.25, -0.2) is 9.78 Å². The monoisotopic (exact) mass is 335 g/mol. The number of halogens is 1. The molecule has 3 rings (SSSR count). The highest BCUT2D eigenvalue weighted by Crippen LogP contribution is 2.39. The molecule has 0 fully saturated rings. The van der Waals surface area contributed by atoms with Crippen LogP contribution < -0.4 is 0 Å². The van der Waals surface area contributed by atoms with Gasteiger partial charge in [0, 0.05) is 15.5 Å². The van der Waals surface area contributed by atoms with Crippen LogP contribution in [-0.4, -0.2) is 21.7 Å². The minimum absolute atomic E-state index is 0.0754. The van der Waals surface area contributed by atoms with Crippen LogP contribution in [0, 0.1) is 6.92 Å². The number of benzene rings is 1. The number of hydrogen-bond donors (Lipinski definition) is 1. The summed E-state index contributed by atoms with van der Waals surface area (Å²) in [5, 5.41) is 11.7. The highest BCUT2D eigenvalue weighted by Gasteiger charge is 2.42. The van der Waals surface area contributed by atoms with Gasteiger partial charge in [0.15, 0.2) is 11.4 Å². The van der Waals surface area contributed by atoms with E-state index in [1.807, 2.05) is 19.1 Å². The van der Waals surface area contributed by atoms with Crippen molar-refractivity contribution in [2.45, 2.75) is 26.4 Å². The van der Waals surface area contributed by atoms with Crippen molar-refractivity contribution in [1.29, 1.82) is 0 Å². The van der Waals surface area contributed by atoms with Crippen LogP contribution in [0.15, 0.2) is 30.0 Å². The van der Waals surface area contributed by atoms with E-state index in [-0.39, 0.29) is 11.3 Å². The van der Waals surface area contributed by atoms with E-state index in [9.17, 15) is 9.90 Å². The number of rotatable bonds is 2. The molecule has 0 aliphatic carbocycles. The molecule has 1 aromatic heterocycles. The number of aliphatic hydroxyl groups is 1. The van der Waals surface area contributed by atoms with Gasteiger partial charge in [-0.1, -0.05) is 23.7 Å². The molecule has 6 heteroatoms. The van der Waals surface area contributed by atoms with Crippen LogP contribution in [0.3, 0.4) is 0 Å². The number of aryl methyl sites for hydroxylation is 1. The summed E-state index contributed by atoms with van der Waals surface area (Å²) in [6.45, 7) is 5.16. The summed E-state index contributed by atoms with van der Waals surface area (Å²) in [5.41, 5.74) is 0.527. The number of esters is 1. The number of aromatic nitrogens is 1. The first-order valence-electron chi connectivity index (χ1n) is 6.70. The maximum absolute atomic E-state index is 12.1. The second-order valence-electron chi connectivity index (χ2n) is 5.55. The topological polar surface area (TPSA) is 59.4 Å². The second-order valence-corrected chi connectivity index (χ2v) is 7.19. The zero-order chi connectivity index (χ0) is 16.1. The molecular weight excluding hydrogens is 322 g/mol. The summed E-state index contributed by atoms with van der Waals surface area (Å²) in [4.78, 5) is 17.4. The summed E-state index contributed by atoms with van der Waals surface area (Å²) in [5.74, 6) is -0.618. The van der Waals surface area contributed by atoms with E-state index in [1.165, 1.54) is 11.3 Å². The smallest absolute Gasteiger partial charge is 0.344 e. The Morgan fingerprint density at radius 2 is 1.91 bits per heavy atom. The average Bonchev–Trinajstić information content (AvgIpc) is 2.89. The van der Waals surface area contributed by atoms with Crippen molar-refractivity contribution >= 4 is 34.5 Å². The summed E-state index contributed by atoms with van der Waals surface area (Å²) in [6, 6.07) is 7.32. The fourth-order valence-corrected chi connectivity index (χ4v) is 3.33. The fraction of sp³-hybridized carbons (Fsp3) is 0.250. The van der Waals surface area contributed by atoms with E-state index < -0.39 is 11.6 Å². The van der Waals surface area contributed by atoms with Crippen molar-refractivity contribution in [3.63, 3.8) is 0 Å². The molecule has 4 nitrogen and oxygen atoms in total. The molecule has 1 aliphatic rings. The Morgan fingerprint density at radius 3 is 2.45 bits per heavy atom. The van der Waals surface area contributed by atoms with E-state index >= 15 is 0 Å². The fourth-order valence-electron chi connectivity index (χ4n) is 2.28. The summed E-state index contributed by atoms with van der Waals surface area (Å²) in [7, 11) is 0. The van der Waals surface area contributed by atoms with Gasteiger partial charge in [0.05, 0.1) is 5.69 Å². The molecule has 114 valence electrons. The van der Waals surface area contributed by atoms with E-state index in [4.69, 9.17) is 16.3 Å². The second kappa shape index (κ2) is 5.11. The van der Waals surface area contributed by atoms with Gasteiger partial charge >= 0.3 is 5.97 Å². The molecule has 0 radical (unpaired) electrons. The Morgan fingerprint density at radius 1 is 1.27 bits per heavy atom. The minimum atomic E-state index is -1.01. The zero-order valence-electron chi connectivity index (χ0n) is 12.3. The Bertz CT molecular complexity index is 790. The lowest BCUT2D eigenvalue weighted by Gasteiger charge is -2.16. The van der Waals surface area contributed by atoms with E-state index in [0.29, 0.717) is 10.7 Å². The van der Waals surface area contributed by atoms with Gasteiger partial charge in [0.25, 0.3) is 0 Å². The third-order valence-electron chi connectivity index (χ3n) is 3.48.